The van der Waals surface area contributed by atoms with Gasteiger partial charge in [0.05, 0.1) is 6.54 Å². The van der Waals surface area contributed by atoms with E-state index in [1.54, 1.807) is 11.3 Å². The number of rotatable bonds is 3. The molecule has 1 aliphatic rings. The lowest BCUT2D eigenvalue weighted by Crippen LogP contribution is -2.24. The van der Waals surface area contributed by atoms with Gasteiger partial charge in [0, 0.05) is 19.7 Å². The number of nitrogens with two attached hydrogens (primary N) is 1. The van der Waals surface area contributed by atoms with Gasteiger partial charge in [-0.3, -0.25) is 4.79 Å². The van der Waals surface area contributed by atoms with Gasteiger partial charge < -0.3 is 10.4 Å². The number of aryl methyl sites for hydroxylation is 1. The van der Waals surface area contributed by atoms with Crippen LogP contribution in [0.1, 0.15) is 33.8 Å². The average molecular weight is 413 g/mol. The second-order valence-electron chi connectivity index (χ2n) is 5.11. The second-order valence-corrected chi connectivity index (χ2v) is 7.41. The minimum Gasteiger partial charge on any atom is -0.320 e. The first kappa shape index (κ1) is 14.8. The van der Waals surface area contributed by atoms with Crippen LogP contribution in [0.5, 0.6) is 0 Å². The predicted octanol–water partition coefficient (Wildman–Crippen LogP) is 2.69. The number of hydrogen-bond donors (Lipinski definition) is 1. The molecule has 0 saturated heterocycles. The molecule has 6 heteroatoms. The summed E-state index contributed by atoms with van der Waals surface area (Å²) in [4.78, 5) is 14.6. The largest absolute Gasteiger partial charge is 0.320 e. The maximum absolute atomic E-state index is 12.5. The Kier molecular flexibility index (Phi) is 4.44. The molecule has 4 nitrogen and oxygen atoms in total. The van der Waals surface area contributed by atoms with Gasteiger partial charge >= 0.3 is 0 Å². The Bertz CT molecular complexity index is 730. The summed E-state index contributed by atoms with van der Waals surface area (Å²) in [5.41, 5.74) is 1.98. The molecule has 0 saturated carbocycles. The molecule has 0 aliphatic heterocycles. The number of carbonyl (C=O) groups is 1. The molecule has 110 valence electrons. The molecule has 1 aromatic carbocycles. The Labute approximate surface area is 140 Å². The summed E-state index contributed by atoms with van der Waals surface area (Å²) in [7, 11) is 0. The topological polar surface area (TPSA) is 60.4 Å². The van der Waals surface area contributed by atoms with E-state index in [9.17, 15) is 4.79 Å². The van der Waals surface area contributed by atoms with Crippen LogP contribution in [0.15, 0.2) is 29.4 Å². The Morgan fingerprint density at radius 2 is 2.00 bits per heavy atom. The van der Waals surface area contributed by atoms with Gasteiger partial charge in [-0.1, -0.05) is 23.5 Å². The van der Waals surface area contributed by atoms with E-state index in [0.29, 0.717) is 6.54 Å². The Morgan fingerprint density at radius 1 is 1.29 bits per heavy atom. The molecule has 1 aliphatic carbocycles. The van der Waals surface area contributed by atoms with Gasteiger partial charge in [0.1, 0.15) is 0 Å². The third-order valence-corrected chi connectivity index (χ3v) is 5.65. The fourth-order valence-corrected chi connectivity index (χ4v) is 4.16. The summed E-state index contributed by atoms with van der Waals surface area (Å²) in [6, 6.07) is 7.66. The van der Waals surface area contributed by atoms with Crippen molar-refractivity contribution in [2.75, 3.05) is 0 Å². The van der Waals surface area contributed by atoms with Crippen LogP contribution < -0.4 is 10.6 Å². The van der Waals surface area contributed by atoms with Crippen molar-refractivity contribution in [3.8, 4) is 0 Å². The molecule has 0 spiro atoms. The maximum atomic E-state index is 12.5. The monoisotopic (exact) mass is 413 g/mol. The van der Waals surface area contributed by atoms with E-state index in [-0.39, 0.29) is 5.78 Å². The number of thiazole rings is 1. The van der Waals surface area contributed by atoms with Crippen molar-refractivity contribution < 1.29 is 4.79 Å². The number of Topliss-reactive ketones (excluding diaryl/α,β-unsaturated/α-hetero) is 1. The van der Waals surface area contributed by atoms with Crippen LogP contribution >= 0.6 is 33.9 Å². The molecule has 2 N–H and O–H groups in total. The van der Waals surface area contributed by atoms with Crippen LogP contribution in [0.3, 0.4) is 0 Å². The quantitative estimate of drug-likeness (QED) is 0.364. The van der Waals surface area contributed by atoms with Gasteiger partial charge in [0.25, 0.3) is 0 Å². The number of fused-ring (bicyclic) bond motifs is 1. The first-order chi connectivity index (χ1) is 10.2. The van der Waals surface area contributed by atoms with Gasteiger partial charge in [-0.25, -0.2) is 0 Å². The smallest absolute Gasteiger partial charge is 0.208 e. The summed E-state index contributed by atoms with van der Waals surface area (Å²) in [5.74, 6) is 5.60. The number of carbonyl (C=O) groups excluding carboxylic acids is 1. The van der Waals surface area contributed by atoms with Crippen molar-refractivity contribution in [3.05, 3.63) is 48.8 Å². The van der Waals surface area contributed by atoms with Gasteiger partial charge in [-0.2, -0.15) is 5.10 Å². The zero-order valence-electron chi connectivity index (χ0n) is 11.5. The van der Waals surface area contributed by atoms with Crippen LogP contribution in [0.4, 0.5) is 0 Å². The predicted molar refractivity (Wildman–Crippen MR) is 92.2 cm³/mol. The number of aromatic nitrogens is 1. The average Bonchev–Trinajstić information content (AvgIpc) is 2.86. The summed E-state index contributed by atoms with van der Waals surface area (Å²) in [6.07, 6.45) is 4.47. The molecule has 0 fully saturated rings. The molecule has 0 unspecified atom stereocenters. The third kappa shape index (κ3) is 3.06. The van der Waals surface area contributed by atoms with Crippen LogP contribution in [0.25, 0.3) is 0 Å². The highest BCUT2D eigenvalue weighted by molar-refractivity contribution is 14.1. The van der Waals surface area contributed by atoms with Gasteiger partial charge in [-0.05, 0) is 60.4 Å². The summed E-state index contributed by atoms with van der Waals surface area (Å²) >= 11 is 3.86. The molecule has 0 radical (unpaired) electrons. The van der Waals surface area contributed by atoms with E-state index in [1.165, 1.54) is 23.4 Å². The van der Waals surface area contributed by atoms with Crippen molar-refractivity contribution in [3.63, 3.8) is 0 Å². The number of benzene rings is 1. The first-order valence-corrected chi connectivity index (χ1v) is 8.82. The molecule has 3 rings (SSSR count). The van der Waals surface area contributed by atoms with Crippen molar-refractivity contribution in [1.29, 1.82) is 0 Å². The summed E-state index contributed by atoms with van der Waals surface area (Å²) in [6.45, 7) is 0.322. The maximum Gasteiger partial charge on any atom is 0.208 e. The number of ketones is 1. The minimum absolute atomic E-state index is 0.104. The van der Waals surface area contributed by atoms with E-state index in [1.807, 2.05) is 28.8 Å². The van der Waals surface area contributed by atoms with Gasteiger partial charge in [0.2, 0.25) is 4.80 Å². The number of halogens is 1. The normalized spacial score (nSPS) is 15.0. The molecule has 1 heterocycles. The zero-order valence-corrected chi connectivity index (χ0v) is 14.5. The van der Waals surface area contributed by atoms with Crippen molar-refractivity contribution in [2.24, 2.45) is 10.9 Å². The highest BCUT2D eigenvalue weighted by Crippen LogP contribution is 2.23. The molecular formula is C15H16IN3OS. The molecule has 0 atom stereocenters. The van der Waals surface area contributed by atoms with Gasteiger partial charge in [-0.15, -0.1) is 0 Å². The van der Waals surface area contributed by atoms with Crippen LogP contribution in [0, 0.1) is 3.57 Å². The lowest BCUT2D eigenvalue weighted by molar-refractivity contribution is 0.0970. The minimum atomic E-state index is 0.104. The van der Waals surface area contributed by atoms with E-state index in [0.717, 1.165) is 26.8 Å². The summed E-state index contributed by atoms with van der Waals surface area (Å²) in [5, 5.41) is 3.86. The Balaban J connectivity index is 1.92. The van der Waals surface area contributed by atoms with E-state index >= 15 is 0 Å². The van der Waals surface area contributed by atoms with E-state index in [4.69, 9.17) is 5.84 Å². The lowest BCUT2D eigenvalue weighted by atomic mass is 10.0. The lowest BCUT2D eigenvalue weighted by Gasteiger charge is -2.14. The molecule has 21 heavy (non-hydrogen) atoms. The fraction of sp³-hybridized carbons (Fsp3) is 0.333. The van der Waals surface area contributed by atoms with Crippen LogP contribution in [0.2, 0.25) is 0 Å². The van der Waals surface area contributed by atoms with Crippen molar-refractivity contribution in [1.82, 2.24) is 4.57 Å². The Morgan fingerprint density at radius 3 is 2.71 bits per heavy atom. The standard InChI is InChI=1S/C15H16IN3OS/c16-11-7-5-10(6-8-11)13(20)9-19-12-3-1-2-4-14(12)21-15(19)18-17/h5-8H,1-4,9,17H2/b18-15+. The van der Waals surface area contributed by atoms with Crippen LogP contribution in [-0.4, -0.2) is 10.4 Å². The molecular weight excluding hydrogens is 397 g/mol. The Hall–Kier alpha value is -1.15. The molecule has 1 aromatic heterocycles. The molecule has 0 amide bonds. The molecule has 0 bridgehead atoms. The van der Waals surface area contributed by atoms with Crippen molar-refractivity contribution >= 4 is 39.7 Å². The number of hydrogen-bond acceptors (Lipinski definition) is 4. The fourth-order valence-electron chi connectivity index (χ4n) is 2.67. The van der Waals surface area contributed by atoms with E-state index < -0.39 is 0 Å². The molecule has 2 aromatic rings. The summed E-state index contributed by atoms with van der Waals surface area (Å²) < 4.78 is 3.13. The number of nitrogens with zero attached hydrogens (tertiary/aromatic N) is 2. The highest BCUT2D eigenvalue weighted by Gasteiger charge is 2.19. The highest BCUT2D eigenvalue weighted by atomic mass is 127. The SMILES string of the molecule is N/N=c1/sc2c(n1CC(=O)c1ccc(I)cc1)CCCC2. The van der Waals surface area contributed by atoms with E-state index in [2.05, 4.69) is 27.7 Å². The zero-order chi connectivity index (χ0) is 14.8. The first-order valence-electron chi connectivity index (χ1n) is 6.93. The van der Waals surface area contributed by atoms with Gasteiger partial charge in [0.15, 0.2) is 5.78 Å². The second kappa shape index (κ2) is 6.31. The van der Waals surface area contributed by atoms with Crippen molar-refractivity contribution in [2.45, 2.75) is 32.2 Å². The van der Waals surface area contributed by atoms with Crippen LogP contribution in [-0.2, 0) is 19.4 Å². The third-order valence-electron chi connectivity index (χ3n) is 3.74.